The van der Waals surface area contributed by atoms with E-state index >= 15 is 0 Å². The van der Waals surface area contributed by atoms with E-state index in [1.54, 1.807) is 42.5 Å². The number of hydrogen-bond donors (Lipinski definition) is 0. The predicted molar refractivity (Wildman–Crippen MR) is 104 cm³/mol. The summed E-state index contributed by atoms with van der Waals surface area (Å²) in [5.74, 6) is 0.321. The van der Waals surface area contributed by atoms with E-state index in [1.807, 2.05) is 37.3 Å². The average molecular weight is 373 g/mol. The van der Waals surface area contributed by atoms with Gasteiger partial charge in [0.05, 0.1) is 27.6 Å². The summed E-state index contributed by atoms with van der Waals surface area (Å²) in [6.45, 7) is 1.90. The molecule has 0 atom stereocenters. The second kappa shape index (κ2) is 6.38. The smallest absolute Gasteiger partial charge is 0.227 e. The maximum Gasteiger partial charge on any atom is 0.269 e. The monoisotopic (exact) mass is 373 g/mol. The highest BCUT2D eigenvalue weighted by atomic mass is 32.2. The molecule has 0 amide bonds. The molecule has 0 bridgehead atoms. The zero-order valence-corrected chi connectivity index (χ0v) is 15.3. The first-order valence-electron chi connectivity index (χ1n) is 8.31. The second-order valence-corrected chi connectivity index (χ2v) is 7.99. The molecule has 4 aromatic rings. The molecule has 0 aliphatic heterocycles. The summed E-state index contributed by atoms with van der Waals surface area (Å²) in [4.78, 5) is 4.72. The second-order valence-electron chi connectivity index (χ2n) is 6.20. The Bertz CT molecular complexity index is 1280. The van der Waals surface area contributed by atoms with Crippen molar-refractivity contribution in [2.75, 3.05) is 0 Å². The number of nitrogens with zero attached hydrogens (tertiary/aromatic N) is 3. The maximum absolute atomic E-state index is 13.5. The average Bonchev–Trinajstić information content (AvgIpc) is 3.08. The van der Waals surface area contributed by atoms with Gasteiger partial charge in [-0.3, -0.25) is 0 Å². The highest BCUT2D eigenvalue weighted by Crippen LogP contribution is 2.30. The summed E-state index contributed by atoms with van der Waals surface area (Å²) in [6, 6.07) is 22.7. The molecular formula is C21H15N3O2S. The van der Waals surface area contributed by atoms with Gasteiger partial charge in [-0.25, -0.2) is 17.4 Å². The van der Waals surface area contributed by atoms with E-state index in [1.165, 1.54) is 3.97 Å². The maximum atomic E-state index is 13.5. The van der Waals surface area contributed by atoms with Crippen molar-refractivity contribution in [3.8, 4) is 17.5 Å². The molecule has 0 radical (unpaired) electrons. The highest BCUT2D eigenvalue weighted by Gasteiger charge is 2.25. The molecule has 0 unspecified atom stereocenters. The van der Waals surface area contributed by atoms with E-state index in [2.05, 4.69) is 11.1 Å². The number of nitriles is 1. The van der Waals surface area contributed by atoms with Crippen LogP contribution in [0.25, 0.3) is 22.4 Å². The number of aromatic nitrogens is 2. The Kier molecular flexibility index (Phi) is 4.02. The van der Waals surface area contributed by atoms with Gasteiger partial charge in [-0.1, -0.05) is 48.0 Å². The van der Waals surface area contributed by atoms with E-state index in [-0.39, 0.29) is 4.90 Å². The highest BCUT2D eigenvalue weighted by molar-refractivity contribution is 7.90. The van der Waals surface area contributed by atoms with Gasteiger partial charge >= 0.3 is 0 Å². The molecule has 0 saturated heterocycles. The van der Waals surface area contributed by atoms with Gasteiger partial charge in [0.2, 0.25) is 0 Å². The van der Waals surface area contributed by atoms with Crippen LogP contribution in [0, 0.1) is 18.3 Å². The normalized spacial score (nSPS) is 11.4. The molecule has 1 heterocycles. The minimum absolute atomic E-state index is 0.173. The summed E-state index contributed by atoms with van der Waals surface area (Å²) < 4.78 is 28.1. The third-order valence-corrected chi connectivity index (χ3v) is 6.05. The number of rotatable bonds is 3. The first-order valence-corrected chi connectivity index (χ1v) is 9.75. The molecule has 4 rings (SSSR count). The van der Waals surface area contributed by atoms with Crippen LogP contribution in [0.3, 0.4) is 0 Å². The predicted octanol–water partition coefficient (Wildman–Crippen LogP) is 4.12. The van der Waals surface area contributed by atoms with Crippen LogP contribution in [-0.2, 0) is 10.0 Å². The number of imidazole rings is 1. The van der Waals surface area contributed by atoms with Gasteiger partial charge in [-0.2, -0.15) is 5.26 Å². The lowest BCUT2D eigenvalue weighted by atomic mass is 10.2. The minimum atomic E-state index is -3.90. The number of fused-ring (bicyclic) bond motifs is 1. The van der Waals surface area contributed by atoms with Crippen LogP contribution < -0.4 is 0 Å². The molecule has 132 valence electrons. The van der Waals surface area contributed by atoms with Crippen LogP contribution >= 0.6 is 0 Å². The Morgan fingerprint density at radius 3 is 2.33 bits per heavy atom. The SMILES string of the molecule is Cc1ccc(S(=O)(=O)n2c(-c3ccccc3)nc3ccc(C#N)cc32)cc1. The topological polar surface area (TPSA) is 75.8 Å². The zero-order chi connectivity index (χ0) is 19.0. The first-order chi connectivity index (χ1) is 13.0. The van der Waals surface area contributed by atoms with Gasteiger partial charge in [0.15, 0.2) is 5.82 Å². The van der Waals surface area contributed by atoms with Crippen molar-refractivity contribution in [2.24, 2.45) is 0 Å². The molecule has 0 fully saturated rings. The molecule has 1 aromatic heterocycles. The van der Waals surface area contributed by atoms with Crippen molar-refractivity contribution in [1.29, 1.82) is 5.26 Å². The third kappa shape index (κ3) is 2.88. The number of aryl methyl sites for hydroxylation is 1. The zero-order valence-electron chi connectivity index (χ0n) is 14.5. The largest absolute Gasteiger partial charge is 0.269 e. The van der Waals surface area contributed by atoms with Crippen molar-refractivity contribution in [3.05, 3.63) is 83.9 Å². The fraction of sp³-hybridized carbons (Fsp3) is 0.0476. The van der Waals surface area contributed by atoms with E-state index in [9.17, 15) is 13.7 Å². The van der Waals surface area contributed by atoms with Crippen molar-refractivity contribution >= 4 is 21.1 Å². The van der Waals surface area contributed by atoms with E-state index in [0.29, 0.717) is 28.0 Å². The van der Waals surface area contributed by atoms with Gasteiger partial charge < -0.3 is 0 Å². The Hall–Kier alpha value is -3.43. The summed E-state index contributed by atoms with van der Waals surface area (Å²) in [7, 11) is -3.90. The minimum Gasteiger partial charge on any atom is -0.227 e. The molecular weight excluding hydrogens is 358 g/mol. The van der Waals surface area contributed by atoms with Crippen LogP contribution in [0.1, 0.15) is 11.1 Å². The van der Waals surface area contributed by atoms with E-state index in [4.69, 9.17) is 0 Å². The van der Waals surface area contributed by atoms with Gasteiger partial charge in [0.25, 0.3) is 10.0 Å². The summed E-state index contributed by atoms with van der Waals surface area (Å²) >= 11 is 0. The molecule has 0 N–H and O–H groups in total. The lowest BCUT2D eigenvalue weighted by Gasteiger charge is -2.11. The van der Waals surface area contributed by atoms with Crippen LogP contribution in [0.15, 0.2) is 77.7 Å². The van der Waals surface area contributed by atoms with Crippen molar-refractivity contribution < 1.29 is 8.42 Å². The summed E-state index contributed by atoms with van der Waals surface area (Å²) in [5, 5.41) is 9.23. The fourth-order valence-corrected chi connectivity index (χ4v) is 4.42. The Morgan fingerprint density at radius 2 is 1.67 bits per heavy atom. The third-order valence-electron chi connectivity index (χ3n) is 4.33. The molecule has 0 saturated carbocycles. The molecule has 6 heteroatoms. The Balaban J connectivity index is 2.08. The number of benzene rings is 3. The van der Waals surface area contributed by atoms with Crippen molar-refractivity contribution in [3.63, 3.8) is 0 Å². The van der Waals surface area contributed by atoms with E-state index < -0.39 is 10.0 Å². The fourth-order valence-electron chi connectivity index (χ4n) is 2.95. The molecule has 3 aromatic carbocycles. The molecule has 0 aliphatic carbocycles. The van der Waals surface area contributed by atoms with Crippen LogP contribution in [-0.4, -0.2) is 17.4 Å². The molecule has 0 aliphatic rings. The Morgan fingerprint density at radius 1 is 0.963 bits per heavy atom. The number of hydrogen-bond acceptors (Lipinski definition) is 4. The molecule has 0 spiro atoms. The summed E-state index contributed by atoms with van der Waals surface area (Å²) in [5.41, 5.74) is 2.93. The van der Waals surface area contributed by atoms with Gasteiger partial charge in [-0.15, -0.1) is 0 Å². The molecule has 5 nitrogen and oxygen atoms in total. The van der Waals surface area contributed by atoms with Gasteiger partial charge in [0.1, 0.15) is 0 Å². The summed E-state index contributed by atoms with van der Waals surface area (Å²) in [6.07, 6.45) is 0. The van der Waals surface area contributed by atoms with Crippen LogP contribution in [0.4, 0.5) is 0 Å². The van der Waals surface area contributed by atoms with Crippen molar-refractivity contribution in [1.82, 2.24) is 8.96 Å². The molecule has 27 heavy (non-hydrogen) atoms. The lowest BCUT2D eigenvalue weighted by Crippen LogP contribution is -2.14. The standard InChI is InChI=1S/C21H15N3O2S/c1-15-7-10-18(11-8-15)27(25,26)24-20-13-16(14-22)9-12-19(20)23-21(24)17-5-3-2-4-6-17/h2-13H,1H3. The quantitative estimate of drug-likeness (QED) is 0.541. The van der Waals surface area contributed by atoms with Crippen LogP contribution in [0.5, 0.6) is 0 Å². The lowest BCUT2D eigenvalue weighted by molar-refractivity contribution is 0.589. The van der Waals surface area contributed by atoms with Gasteiger partial charge in [-0.05, 0) is 37.3 Å². The Labute approximate surface area is 157 Å². The van der Waals surface area contributed by atoms with Gasteiger partial charge in [0, 0.05) is 5.56 Å². The van der Waals surface area contributed by atoms with Crippen LogP contribution in [0.2, 0.25) is 0 Å². The van der Waals surface area contributed by atoms with E-state index in [0.717, 1.165) is 5.56 Å². The first kappa shape index (κ1) is 17.0. The van der Waals surface area contributed by atoms with Crippen molar-refractivity contribution in [2.45, 2.75) is 11.8 Å².